The first-order valence-corrected chi connectivity index (χ1v) is 6.66. The fraction of sp³-hybridized carbons (Fsp3) is 0.333. The molecule has 2 rings (SSSR count). The van der Waals surface area contributed by atoms with Crippen LogP contribution in [0.4, 0.5) is 0 Å². The molecule has 0 unspecified atom stereocenters. The molecule has 1 aliphatic heterocycles. The zero-order chi connectivity index (χ0) is 13.8. The topological polar surface area (TPSA) is 138 Å². The van der Waals surface area contributed by atoms with Crippen LogP contribution in [-0.4, -0.2) is 32.6 Å². The zero-order valence-corrected chi connectivity index (χ0v) is 10.4. The van der Waals surface area contributed by atoms with Crippen LogP contribution < -0.4 is 11.3 Å². The van der Waals surface area contributed by atoms with Crippen LogP contribution in [0.2, 0.25) is 0 Å². The number of hydrazine groups is 1. The molecular weight excluding hydrogens is 261 g/mol. The lowest BCUT2D eigenvalue weighted by Gasteiger charge is -1.95. The molecule has 1 aromatic heterocycles. The molecule has 8 nitrogen and oxygen atoms in total. The van der Waals surface area contributed by atoms with E-state index in [1.54, 1.807) is 19.1 Å². The van der Waals surface area contributed by atoms with E-state index in [0.717, 1.165) is 0 Å². The van der Waals surface area contributed by atoms with Gasteiger partial charge < -0.3 is 14.5 Å². The van der Waals surface area contributed by atoms with E-state index in [-0.39, 0.29) is 12.0 Å². The van der Waals surface area contributed by atoms with Crippen molar-refractivity contribution in [3.63, 3.8) is 0 Å². The Hall–Kier alpha value is -1.31. The molecule has 1 amide bonds. The van der Waals surface area contributed by atoms with Crippen molar-refractivity contribution in [2.24, 2.45) is 5.84 Å². The highest BCUT2D eigenvalue weighted by atomic mass is 31.2. The average molecular weight is 275 g/mol. The fourth-order valence-electron chi connectivity index (χ4n) is 1.11. The predicted octanol–water partition coefficient (Wildman–Crippen LogP) is -0.406. The van der Waals surface area contributed by atoms with E-state index in [4.69, 9.17) is 15.6 Å². The minimum atomic E-state index is -3.90. The van der Waals surface area contributed by atoms with Crippen LogP contribution in [0.1, 0.15) is 17.3 Å². The van der Waals surface area contributed by atoms with Crippen molar-refractivity contribution in [2.75, 3.05) is 0 Å². The third-order valence-corrected chi connectivity index (χ3v) is 3.29. The largest absolute Gasteiger partial charge is 0.356 e. The first-order chi connectivity index (χ1) is 8.36. The Bertz CT molecular complexity index is 449. The van der Waals surface area contributed by atoms with Gasteiger partial charge in [0, 0.05) is 18.0 Å². The highest BCUT2D eigenvalue weighted by Crippen LogP contribution is 2.52. The van der Waals surface area contributed by atoms with Gasteiger partial charge >= 0.3 is 7.60 Å². The van der Waals surface area contributed by atoms with E-state index in [2.05, 4.69) is 9.72 Å². The van der Waals surface area contributed by atoms with Gasteiger partial charge in [0.2, 0.25) is 0 Å². The number of hydrogen-bond donors (Lipinski definition) is 4. The number of carbonyl (C=O) groups is 1. The highest BCUT2D eigenvalue weighted by Gasteiger charge is 2.48. The van der Waals surface area contributed by atoms with Gasteiger partial charge in [-0.1, -0.05) is 0 Å². The molecule has 100 valence electrons. The van der Waals surface area contributed by atoms with E-state index in [1.807, 2.05) is 5.43 Å². The van der Waals surface area contributed by atoms with Crippen LogP contribution >= 0.6 is 7.60 Å². The zero-order valence-electron chi connectivity index (χ0n) is 9.56. The Morgan fingerprint density at radius 2 is 2.00 bits per heavy atom. The van der Waals surface area contributed by atoms with Crippen LogP contribution in [0.15, 0.2) is 24.5 Å². The Morgan fingerprint density at radius 1 is 1.50 bits per heavy atom. The van der Waals surface area contributed by atoms with E-state index < -0.39 is 13.4 Å². The molecule has 1 aromatic rings. The second kappa shape index (κ2) is 6.03. The number of amides is 1. The quantitative estimate of drug-likeness (QED) is 0.189. The summed E-state index contributed by atoms with van der Waals surface area (Å²) in [5.74, 6) is 3.76. The number of ether oxygens (including phenoxy) is 1. The molecule has 0 bridgehead atoms. The van der Waals surface area contributed by atoms with Crippen LogP contribution in [0, 0.1) is 0 Å². The molecule has 2 heterocycles. The number of nitrogens with two attached hydrogens (primary N) is 1. The van der Waals surface area contributed by atoms with E-state index in [1.165, 1.54) is 12.4 Å². The van der Waals surface area contributed by atoms with Gasteiger partial charge in [0.05, 0.1) is 6.10 Å². The maximum Gasteiger partial charge on any atom is 0.356 e. The summed E-state index contributed by atoms with van der Waals surface area (Å²) in [6, 6.07) is 3.17. The van der Waals surface area contributed by atoms with E-state index >= 15 is 0 Å². The number of nitrogen functional groups attached to an aromatic ring is 1. The lowest BCUT2D eigenvalue weighted by Crippen LogP contribution is -2.29. The van der Waals surface area contributed by atoms with Crippen molar-refractivity contribution in [1.29, 1.82) is 0 Å². The lowest BCUT2D eigenvalue weighted by molar-refractivity contribution is 0.0953. The number of pyridine rings is 1. The number of rotatable bonds is 2. The molecular formula is C9H14N3O5P. The molecule has 0 spiro atoms. The van der Waals surface area contributed by atoms with Crippen LogP contribution in [0.5, 0.6) is 0 Å². The molecule has 0 saturated carbocycles. The van der Waals surface area contributed by atoms with Crippen molar-refractivity contribution in [2.45, 2.75) is 18.9 Å². The number of aromatic nitrogens is 1. The van der Waals surface area contributed by atoms with Gasteiger partial charge in [0.15, 0.2) is 5.85 Å². The molecule has 0 aromatic carbocycles. The minimum absolute atomic E-state index is 0.254. The molecule has 1 fully saturated rings. The third-order valence-electron chi connectivity index (χ3n) is 2.08. The minimum Gasteiger partial charge on any atom is -0.356 e. The van der Waals surface area contributed by atoms with Gasteiger partial charge in [-0.25, -0.2) is 5.84 Å². The van der Waals surface area contributed by atoms with Crippen molar-refractivity contribution in [3.8, 4) is 0 Å². The summed E-state index contributed by atoms with van der Waals surface area (Å²) in [5, 5.41) is 0. The maximum atomic E-state index is 10.7. The van der Waals surface area contributed by atoms with Gasteiger partial charge in [-0.2, -0.15) is 0 Å². The molecule has 2 atom stereocenters. The number of carbonyl (C=O) groups excluding carboxylic acids is 1. The van der Waals surface area contributed by atoms with Crippen molar-refractivity contribution in [1.82, 2.24) is 10.4 Å². The molecule has 1 saturated heterocycles. The maximum absolute atomic E-state index is 10.7. The Labute approximate surface area is 103 Å². The molecule has 5 N–H and O–H groups in total. The highest BCUT2D eigenvalue weighted by molar-refractivity contribution is 7.52. The summed E-state index contributed by atoms with van der Waals surface area (Å²) < 4.78 is 14.7. The first-order valence-electron chi connectivity index (χ1n) is 4.98. The van der Waals surface area contributed by atoms with Crippen molar-refractivity contribution >= 4 is 13.5 Å². The fourth-order valence-corrected chi connectivity index (χ4v) is 2.01. The second-order valence-electron chi connectivity index (χ2n) is 3.53. The molecule has 0 radical (unpaired) electrons. The number of nitrogens with one attached hydrogen (secondary N) is 1. The van der Waals surface area contributed by atoms with Crippen LogP contribution in [-0.2, 0) is 9.30 Å². The van der Waals surface area contributed by atoms with Gasteiger partial charge in [-0.05, 0) is 19.1 Å². The van der Waals surface area contributed by atoms with Gasteiger partial charge in [0.1, 0.15) is 0 Å². The normalized spacial score (nSPS) is 21.6. The smallest absolute Gasteiger partial charge is 0.356 e. The number of epoxide rings is 1. The summed E-state index contributed by atoms with van der Waals surface area (Å²) in [6.45, 7) is 1.63. The van der Waals surface area contributed by atoms with Crippen molar-refractivity contribution < 1.29 is 23.9 Å². The van der Waals surface area contributed by atoms with E-state index in [0.29, 0.717) is 5.56 Å². The lowest BCUT2D eigenvalue weighted by atomic mass is 10.3. The molecule has 9 heteroatoms. The van der Waals surface area contributed by atoms with E-state index in [9.17, 15) is 9.36 Å². The molecule has 18 heavy (non-hydrogen) atoms. The predicted molar refractivity (Wildman–Crippen MR) is 62.3 cm³/mol. The Morgan fingerprint density at radius 3 is 2.28 bits per heavy atom. The summed E-state index contributed by atoms with van der Waals surface area (Å²) in [6.07, 6.45) is 2.81. The second-order valence-corrected chi connectivity index (χ2v) is 5.22. The van der Waals surface area contributed by atoms with Gasteiger partial charge in [0.25, 0.3) is 5.91 Å². The summed E-state index contributed by atoms with van der Waals surface area (Å²) >= 11 is 0. The number of hydrogen-bond acceptors (Lipinski definition) is 5. The van der Waals surface area contributed by atoms with Crippen molar-refractivity contribution in [3.05, 3.63) is 30.1 Å². The Balaban J connectivity index is 0.000000184. The SMILES string of the molecule is C[C@@H]1O[C@@H]1P(=O)(O)O.NNC(=O)c1ccncc1. The van der Waals surface area contributed by atoms with Gasteiger partial charge in [-0.3, -0.25) is 19.8 Å². The molecule has 0 aliphatic carbocycles. The Kier molecular flexibility index (Phi) is 4.94. The standard InChI is InChI=1S/C6H7N3O.C3H7O4P/c7-9-6(10)5-1-3-8-4-2-5;1-2-3(7-2)8(4,5)6/h1-4H,7H2,(H,9,10);2-3H,1H3,(H2,4,5,6)/t;2-,3+/m.0/s1. The third kappa shape index (κ3) is 4.52. The average Bonchev–Trinajstić information content (AvgIpc) is 3.07. The van der Waals surface area contributed by atoms with Gasteiger partial charge in [-0.15, -0.1) is 0 Å². The molecule has 1 aliphatic rings. The van der Waals surface area contributed by atoms with Crippen LogP contribution in [0.3, 0.4) is 0 Å². The number of nitrogens with zero attached hydrogens (tertiary/aromatic N) is 1. The summed E-state index contributed by atoms with van der Waals surface area (Å²) in [7, 11) is -3.90. The van der Waals surface area contributed by atoms with Crippen LogP contribution in [0.25, 0.3) is 0 Å². The monoisotopic (exact) mass is 275 g/mol. The summed E-state index contributed by atoms with van der Waals surface area (Å²) in [4.78, 5) is 31.1. The first kappa shape index (κ1) is 14.7. The summed E-state index contributed by atoms with van der Waals surface area (Å²) in [5.41, 5.74) is 2.53.